The number of anilines is 1. The molecule has 1 aliphatic rings. The maximum atomic E-state index is 6.19. The molecule has 1 fully saturated rings. The van der Waals surface area contributed by atoms with Gasteiger partial charge < -0.3 is 10.5 Å². The van der Waals surface area contributed by atoms with Gasteiger partial charge in [-0.25, -0.2) is 0 Å². The normalized spacial score (nSPS) is 26.1. The Morgan fingerprint density at radius 2 is 2.24 bits per heavy atom. The third kappa shape index (κ3) is 2.92. The molecule has 2 atom stereocenters. The lowest BCUT2D eigenvalue weighted by atomic mass is 10.1. The van der Waals surface area contributed by atoms with Crippen LogP contribution in [0.2, 0.25) is 5.02 Å². The van der Waals surface area contributed by atoms with Gasteiger partial charge in [-0.1, -0.05) is 17.7 Å². The highest BCUT2D eigenvalue weighted by atomic mass is 35.5. The Kier molecular flexibility index (Phi) is 3.92. The van der Waals surface area contributed by atoms with Crippen LogP contribution in [0.5, 0.6) is 0 Å². The van der Waals surface area contributed by atoms with Crippen LogP contribution in [0.1, 0.15) is 19.4 Å². The van der Waals surface area contributed by atoms with E-state index in [1.54, 1.807) is 0 Å². The molecule has 1 saturated heterocycles. The van der Waals surface area contributed by atoms with Crippen LogP contribution in [-0.4, -0.2) is 30.2 Å². The molecule has 2 unspecified atom stereocenters. The van der Waals surface area contributed by atoms with Gasteiger partial charge in [0.1, 0.15) is 0 Å². The first kappa shape index (κ1) is 12.7. The predicted molar refractivity (Wildman–Crippen MR) is 71.2 cm³/mol. The van der Waals surface area contributed by atoms with Crippen LogP contribution in [0.25, 0.3) is 0 Å². The van der Waals surface area contributed by atoms with Gasteiger partial charge in [0, 0.05) is 35.4 Å². The summed E-state index contributed by atoms with van der Waals surface area (Å²) < 4.78 is 5.61. The van der Waals surface area contributed by atoms with Crippen molar-refractivity contribution < 1.29 is 4.74 Å². The zero-order valence-electron chi connectivity index (χ0n) is 10.3. The van der Waals surface area contributed by atoms with Crippen LogP contribution >= 0.6 is 11.6 Å². The van der Waals surface area contributed by atoms with Crippen molar-refractivity contribution in [3.8, 4) is 0 Å². The van der Waals surface area contributed by atoms with Crippen molar-refractivity contribution in [3.05, 3.63) is 28.8 Å². The number of rotatable bonds is 2. The van der Waals surface area contributed by atoms with Crippen molar-refractivity contribution in [2.24, 2.45) is 0 Å². The number of halogens is 1. The van der Waals surface area contributed by atoms with Crippen molar-refractivity contribution in [2.75, 3.05) is 18.9 Å². The van der Waals surface area contributed by atoms with Gasteiger partial charge in [0.2, 0.25) is 0 Å². The van der Waals surface area contributed by atoms with E-state index in [0.717, 1.165) is 36.0 Å². The third-order valence-corrected chi connectivity index (χ3v) is 3.61. The van der Waals surface area contributed by atoms with E-state index in [1.165, 1.54) is 0 Å². The maximum Gasteiger partial charge on any atom is 0.0674 e. The SMILES string of the molecule is CC1CN(Cc2c(N)cccc2Cl)C(C)CO1. The average Bonchev–Trinajstić information content (AvgIpc) is 2.28. The lowest BCUT2D eigenvalue weighted by Gasteiger charge is -2.37. The highest BCUT2D eigenvalue weighted by molar-refractivity contribution is 6.31. The molecule has 0 aliphatic carbocycles. The van der Waals surface area contributed by atoms with Crippen LogP contribution < -0.4 is 5.73 Å². The summed E-state index contributed by atoms with van der Waals surface area (Å²) >= 11 is 6.19. The minimum atomic E-state index is 0.273. The van der Waals surface area contributed by atoms with Crippen LogP contribution in [0.15, 0.2) is 18.2 Å². The quantitative estimate of drug-likeness (QED) is 0.825. The Hall–Kier alpha value is -0.770. The molecule has 0 radical (unpaired) electrons. The lowest BCUT2D eigenvalue weighted by Crippen LogP contribution is -2.46. The third-order valence-electron chi connectivity index (χ3n) is 3.25. The smallest absolute Gasteiger partial charge is 0.0674 e. The number of nitrogens with zero attached hydrogens (tertiary/aromatic N) is 1. The molecule has 0 amide bonds. The Bertz CT molecular complexity index is 377. The van der Waals surface area contributed by atoms with Gasteiger partial charge in [0.15, 0.2) is 0 Å². The zero-order chi connectivity index (χ0) is 12.4. The standard InChI is InChI=1S/C13H19ClN2O/c1-9-8-17-10(2)6-16(9)7-11-12(14)4-3-5-13(11)15/h3-5,9-10H,6-8,15H2,1-2H3. The molecule has 0 aromatic heterocycles. The average molecular weight is 255 g/mol. The van der Waals surface area contributed by atoms with Crippen molar-refractivity contribution in [3.63, 3.8) is 0 Å². The Morgan fingerprint density at radius 3 is 2.94 bits per heavy atom. The zero-order valence-corrected chi connectivity index (χ0v) is 11.1. The summed E-state index contributed by atoms with van der Waals surface area (Å²) in [6.07, 6.45) is 0.273. The molecule has 0 spiro atoms. The molecule has 0 saturated carbocycles. The van der Waals surface area contributed by atoms with E-state index in [9.17, 15) is 0 Å². The summed E-state index contributed by atoms with van der Waals surface area (Å²) in [5.41, 5.74) is 7.77. The van der Waals surface area contributed by atoms with E-state index in [0.29, 0.717) is 6.04 Å². The highest BCUT2D eigenvalue weighted by Crippen LogP contribution is 2.25. The molecule has 2 rings (SSSR count). The molecular weight excluding hydrogens is 236 g/mol. The first-order chi connectivity index (χ1) is 8.08. The number of hydrogen-bond donors (Lipinski definition) is 1. The minimum absolute atomic E-state index is 0.273. The minimum Gasteiger partial charge on any atom is -0.398 e. The number of hydrogen-bond acceptors (Lipinski definition) is 3. The van der Waals surface area contributed by atoms with Crippen LogP contribution in [0.4, 0.5) is 5.69 Å². The molecule has 1 heterocycles. The summed E-state index contributed by atoms with van der Waals surface area (Å²) in [7, 11) is 0. The number of nitrogen functional groups attached to an aromatic ring is 1. The fourth-order valence-electron chi connectivity index (χ4n) is 2.14. The van der Waals surface area contributed by atoms with Crippen molar-refractivity contribution in [2.45, 2.75) is 32.5 Å². The first-order valence-corrected chi connectivity index (χ1v) is 6.34. The lowest BCUT2D eigenvalue weighted by molar-refractivity contribution is -0.0525. The largest absolute Gasteiger partial charge is 0.398 e. The van der Waals surface area contributed by atoms with Gasteiger partial charge in [0.25, 0.3) is 0 Å². The second-order valence-corrected chi connectivity index (χ2v) is 5.14. The maximum absolute atomic E-state index is 6.19. The molecular formula is C13H19ClN2O. The second kappa shape index (κ2) is 5.25. The van der Waals surface area contributed by atoms with Crippen molar-refractivity contribution in [1.29, 1.82) is 0 Å². The fourth-order valence-corrected chi connectivity index (χ4v) is 2.38. The van der Waals surface area contributed by atoms with Crippen LogP contribution in [0.3, 0.4) is 0 Å². The van der Waals surface area contributed by atoms with Gasteiger partial charge in [-0.15, -0.1) is 0 Å². The first-order valence-electron chi connectivity index (χ1n) is 5.96. The van der Waals surface area contributed by atoms with E-state index in [1.807, 2.05) is 18.2 Å². The summed E-state index contributed by atoms with van der Waals surface area (Å²) in [6, 6.07) is 6.08. The molecule has 3 nitrogen and oxygen atoms in total. The summed E-state index contributed by atoms with van der Waals surface area (Å²) in [4.78, 5) is 2.37. The summed E-state index contributed by atoms with van der Waals surface area (Å²) in [5, 5.41) is 0.747. The number of morpholine rings is 1. The molecule has 1 aliphatic heterocycles. The van der Waals surface area contributed by atoms with E-state index in [-0.39, 0.29) is 6.10 Å². The summed E-state index contributed by atoms with van der Waals surface area (Å²) in [5.74, 6) is 0. The number of ether oxygens (including phenoxy) is 1. The molecule has 1 aromatic rings. The van der Waals surface area contributed by atoms with Gasteiger partial charge in [-0.05, 0) is 26.0 Å². The molecule has 1 aromatic carbocycles. The number of benzene rings is 1. The predicted octanol–water partition coefficient (Wildman–Crippen LogP) is 2.53. The van der Waals surface area contributed by atoms with Crippen molar-refractivity contribution in [1.82, 2.24) is 4.90 Å². The van der Waals surface area contributed by atoms with Crippen molar-refractivity contribution >= 4 is 17.3 Å². The van der Waals surface area contributed by atoms with E-state index in [2.05, 4.69) is 18.7 Å². The Balaban J connectivity index is 2.14. The molecule has 2 N–H and O–H groups in total. The molecule has 17 heavy (non-hydrogen) atoms. The Morgan fingerprint density at radius 1 is 1.47 bits per heavy atom. The highest BCUT2D eigenvalue weighted by Gasteiger charge is 2.24. The van der Waals surface area contributed by atoms with E-state index in [4.69, 9.17) is 22.1 Å². The van der Waals surface area contributed by atoms with E-state index >= 15 is 0 Å². The molecule has 4 heteroatoms. The van der Waals surface area contributed by atoms with Gasteiger partial charge in [0.05, 0.1) is 12.7 Å². The van der Waals surface area contributed by atoms with Gasteiger partial charge >= 0.3 is 0 Å². The van der Waals surface area contributed by atoms with Crippen LogP contribution in [-0.2, 0) is 11.3 Å². The van der Waals surface area contributed by atoms with E-state index < -0.39 is 0 Å². The van der Waals surface area contributed by atoms with Gasteiger partial charge in [-0.3, -0.25) is 4.90 Å². The monoisotopic (exact) mass is 254 g/mol. The molecule has 0 bridgehead atoms. The Labute approximate surface area is 107 Å². The second-order valence-electron chi connectivity index (χ2n) is 4.73. The van der Waals surface area contributed by atoms with Crippen LogP contribution in [0, 0.1) is 0 Å². The molecule has 94 valence electrons. The number of nitrogens with two attached hydrogens (primary N) is 1. The fraction of sp³-hybridized carbons (Fsp3) is 0.538. The summed E-state index contributed by atoms with van der Waals surface area (Å²) in [6.45, 7) is 6.74. The van der Waals surface area contributed by atoms with Gasteiger partial charge in [-0.2, -0.15) is 0 Å². The topological polar surface area (TPSA) is 38.5 Å².